The van der Waals surface area contributed by atoms with Gasteiger partial charge in [0.05, 0.1) is 17.9 Å². The van der Waals surface area contributed by atoms with Crippen molar-refractivity contribution in [3.63, 3.8) is 0 Å². The van der Waals surface area contributed by atoms with Gasteiger partial charge in [-0.25, -0.2) is 9.00 Å². The lowest BCUT2D eigenvalue weighted by atomic mass is 10.2. The Morgan fingerprint density at radius 1 is 1.61 bits per heavy atom. The molecule has 0 heterocycles. The third-order valence-corrected chi connectivity index (χ3v) is 4.05. The highest BCUT2D eigenvalue weighted by Gasteiger charge is 2.16. The normalized spacial score (nSPS) is 12.0. The molecule has 0 aliphatic carbocycles. The third kappa shape index (κ3) is 4.11. The van der Waals surface area contributed by atoms with Crippen LogP contribution in [-0.4, -0.2) is 27.6 Å². The predicted octanol–water partition coefficient (Wildman–Crippen LogP) is 2.74. The molecule has 1 unspecified atom stereocenters. The molecule has 0 aliphatic heterocycles. The number of hydrogen-bond donors (Lipinski definition) is 2. The Bertz CT molecular complexity index is 481. The summed E-state index contributed by atoms with van der Waals surface area (Å²) in [6, 6.07) is 3.30. The number of esters is 1. The zero-order chi connectivity index (χ0) is 13.7. The molecule has 0 saturated carbocycles. The molecule has 8 heteroatoms. The van der Waals surface area contributed by atoms with E-state index in [1.807, 2.05) is 28.8 Å². The Kier molecular flexibility index (Phi) is 6.39. The summed E-state index contributed by atoms with van der Waals surface area (Å²) in [5.74, 6) is -0.392. The van der Waals surface area contributed by atoms with Crippen molar-refractivity contribution < 1.29 is 18.3 Å². The van der Waals surface area contributed by atoms with Crippen LogP contribution in [0.25, 0.3) is 0 Å². The number of thioether (sulfide) groups is 1. The molecule has 1 rings (SSSR count). The van der Waals surface area contributed by atoms with Crippen molar-refractivity contribution >= 4 is 57.3 Å². The SMILES string of the molecule is CCOC(=O)c1cc(I)c(NS(=O)O)cc1SC. The highest BCUT2D eigenvalue weighted by atomic mass is 127. The van der Waals surface area contributed by atoms with Crippen molar-refractivity contribution in [3.8, 4) is 0 Å². The van der Waals surface area contributed by atoms with Crippen molar-refractivity contribution in [1.29, 1.82) is 0 Å². The van der Waals surface area contributed by atoms with Gasteiger partial charge < -0.3 is 4.74 Å². The van der Waals surface area contributed by atoms with Crippen LogP contribution in [0.15, 0.2) is 17.0 Å². The van der Waals surface area contributed by atoms with Crippen LogP contribution in [0.1, 0.15) is 17.3 Å². The van der Waals surface area contributed by atoms with Gasteiger partial charge in [0.1, 0.15) is 0 Å². The minimum atomic E-state index is -2.14. The van der Waals surface area contributed by atoms with Crippen LogP contribution in [0.5, 0.6) is 0 Å². The third-order valence-electron chi connectivity index (χ3n) is 1.98. The molecular weight excluding hydrogens is 389 g/mol. The largest absolute Gasteiger partial charge is 0.462 e. The summed E-state index contributed by atoms with van der Waals surface area (Å²) in [7, 11) is 0. The number of hydrogen-bond acceptors (Lipinski definition) is 4. The second-order valence-corrected chi connectivity index (χ2v) is 5.82. The fraction of sp³-hybridized carbons (Fsp3) is 0.300. The zero-order valence-electron chi connectivity index (χ0n) is 9.73. The lowest BCUT2D eigenvalue weighted by molar-refractivity contribution is 0.0522. The van der Waals surface area contributed by atoms with Gasteiger partial charge in [-0.1, -0.05) is 0 Å². The molecule has 1 aromatic carbocycles. The van der Waals surface area contributed by atoms with Gasteiger partial charge in [0.25, 0.3) is 11.3 Å². The van der Waals surface area contributed by atoms with Crippen LogP contribution >= 0.6 is 34.4 Å². The van der Waals surface area contributed by atoms with Gasteiger partial charge in [-0.2, -0.15) is 0 Å². The van der Waals surface area contributed by atoms with E-state index in [-0.39, 0.29) is 0 Å². The molecule has 0 saturated heterocycles. The monoisotopic (exact) mass is 401 g/mol. The fourth-order valence-corrected chi connectivity index (χ4v) is 3.00. The first kappa shape index (κ1) is 15.7. The van der Waals surface area contributed by atoms with E-state index < -0.39 is 17.2 Å². The Morgan fingerprint density at radius 3 is 2.78 bits per heavy atom. The van der Waals surface area contributed by atoms with Gasteiger partial charge in [-0.3, -0.25) is 9.27 Å². The summed E-state index contributed by atoms with van der Waals surface area (Å²) in [5, 5.41) is 0. The van der Waals surface area contributed by atoms with Gasteiger partial charge >= 0.3 is 5.97 Å². The smallest absolute Gasteiger partial charge is 0.339 e. The van der Waals surface area contributed by atoms with E-state index >= 15 is 0 Å². The van der Waals surface area contributed by atoms with Crippen molar-refractivity contribution in [1.82, 2.24) is 0 Å². The molecular formula is C10H12INO4S2. The van der Waals surface area contributed by atoms with Crippen LogP contribution < -0.4 is 4.72 Å². The molecule has 0 amide bonds. The van der Waals surface area contributed by atoms with E-state index in [1.165, 1.54) is 11.8 Å². The number of rotatable bonds is 5. The van der Waals surface area contributed by atoms with E-state index in [2.05, 4.69) is 4.72 Å². The Balaban J connectivity index is 3.18. The first-order chi connectivity index (χ1) is 8.49. The molecule has 5 nitrogen and oxygen atoms in total. The Labute approximate surface area is 126 Å². The van der Waals surface area contributed by atoms with Crippen LogP contribution in [0.2, 0.25) is 0 Å². The summed E-state index contributed by atoms with van der Waals surface area (Å²) in [4.78, 5) is 12.4. The number of carbonyl (C=O) groups excluding carboxylic acids is 1. The molecule has 1 atom stereocenters. The molecule has 0 aliphatic rings. The first-order valence-electron chi connectivity index (χ1n) is 4.91. The average Bonchev–Trinajstić information content (AvgIpc) is 2.31. The van der Waals surface area contributed by atoms with Gasteiger partial charge in [-0.15, -0.1) is 11.8 Å². The van der Waals surface area contributed by atoms with Crippen molar-refractivity contribution in [2.24, 2.45) is 0 Å². The van der Waals surface area contributed by atoms with E-state index in [4.69, 9.17) is 9.29 Å². The number of ether oxygens (including phenoxy) is 1. The molecule has 0 fully saturated rings. The van der Waals surface area contributed by atoms with Gasteiger partial charge in [0.2, 0.25) is 0 Å². The number of carbonyl (C=O) groups is 1. The standard InChI is InChI=1S/C10H12INO4S2/c1-3-16-10(13)6-4-7(11)8(12-18(14)15)5-9(6)17-2/h4-5,12H,3H2,1-2H3,(H,14,15). The van der Waals surface area contributed by atoms with Gasteiger partial charge in [0.15, 0.2) is 0 Å². The minimum Gasteiger partial charge on any atom is -0.462 e. The Morgan fingerprint density at radius 2 is 2.28 bits per heavy atom. The van der Waals surface area contributed by atoms with Crippen LogP contribution in [0.3, 0.4) is 0 Å². The van der Waals surface area contributed by atoms with E-state index in [0.717, 1.165) is 0 Å². The number of halogens is 1. The second-order valence-electron chi connectivity index (χ2n) is 3.10. The zero-order valence-corrected chi connectivity index (χ0v) is 13.5. The van der Waals surface area contributed by atoms with Crippen LogP contribution in [0.4, 0.5) is 5.69 Å². The summed E-state index contributed by atoms with van der Waals surface area (Å²) in [6.07, 6.45) is 1.82. The summed E-state index contributed by atoms with van der Waals surface area (Å²) >= 11 is 1.23. The lowest BCUT2D eigenvalue weighted by Crippen LogP contribution is -2.09. The average molecular weight is 401 g/mol. The quantitative estimate of drug-likeness (QED) is 0.344. The molecule has 1 aromatic rings. The topological polar surface area (TPSA) is 75.6 Å². The number of anilines is 1. The highest BCUT2D eigenvalue weighted by molar-refractivity contribution is 14.1. The second kappa shape index (κ2) is 7.31. The number of benzene rings is 1. The van der Waals surface area contributed by atoms with Crippen molar-refractivity contribution in [2.75, 3.05) is 17.6 Å². The maximum Gasteiger partial charge on any atom is 0.339 e. The van der Waals surface area contributed by atoms with Gasteiger partial charge in [-0.05, 0) is 47.9 Å². The molecule has 0 spiro atoms. The maximum atomic E-state index is 11.7. The molecule has 100 valence electrons. The molecule has 18 heavy (non-hydrogen) atoms. The minimum absolute atomic E-state index is 0.309. The van der Waals surface area contributed by atoms with Crippen LogP contribution in [-0.2, 0) is 16.0 Å². The summed E-state index contributed by atoms with van der Waals surface area (Å²) < 4.78 is 27.6. The highest BCUT2D eigenvalue weighted by Crippen LogP contribution is 2.29. The Hall–Kier alpha value is -0.320. The molecule has 0 bridgehead atoms. The molecule has 2 N–H and O–H groups in total. The van der Waals surface area contributed by atoms with Crippen molar-refractivity contribution in [2.45, 2.75) is 11.8 Å². The fourth-order valence-electron chi connectivity index (χ4n) is 1.26. The molecule has 0 aromatic heterocycles. The summed E-state index contributed by atoms with van der Waals surface area (Å²) in [5.41, 5.74) is 0.969. The predicted molar refractivity (Wildman–Crippen MR) is 81.3 cm³/mol. The summed E-state index contributed by atoms with van der Waals surface area (Å²) in [6.45, 7) is 2.05. The van der Waals surface area contributed by atoms with E-state index in [0.29, 0.717) is 26.3 Å². The number of nitrogens with one attached hydrogen (secondary N) is 1. The van der Waals surface area contributed by atoms with E-state index in [1.54, 1.807) is 19.1 Å². The first-order valence-corrected chi connectivity index (χ1v) is 8.32. The maximum absolute atomic E-state index is 11.7. The van der Waals surface area contributed by atoms with Crippen molar-refractivity contribution in [3.05, 3.63) is 21.3 Å². The molecule has 0 radical (unpaired) electrons. The lowest BCUT2D eigenvalue weighted by Gasteiger charge is -2.11. The van der Waals surface area contributed by atoms with Crippen LogP contribution in [0, 0.1) is 3.57 Å². The van der Waals surface area contributed by atoms with E-state index in [9.17, 15) is 9.00 Å². The van der Waals surface area contributed by atoms with Gasteiger partial charge in [0, 0.05) is 8.47 Å².